The average Bonchev–Trinajstić information content (AvgIpc) is 3.83. The van der Waals surface area contributed by atoms with Gasteiger partial charge in [0.2, 0.25) is 0 Å². The summed E-state index contributed by atoms with van der Waals surface area (Å²) in [5.41, 5.74) is 8.35. The van der Waals surface area contributed by atoms with Gasteiger partial charge in [-0.15, -0.1) is 0 Å². The number of allylic oxidation sites excluding steroid dienone is 1. The molecule has 0 aliphatic heterocycles. The molecule has 0 spiro atoms. The maximum atomic E-state index is 9.67. The van der Waals surface area contributed by atoms with Crippen LogP contribution in [0.5, 0.6) is 0 Å². The first-order valence-electron chi connectivity index (χ1n) is 17.2. The molecular weight excluding hydrogens is 623 g/mol. The molecule has 0 atom stereocenters. The van der Waals surface area contributed by atoms with Crippen molar-refractivity contribution >= 4 is 83.3 Å². The van der Waals surface area contributed by atoms with Crippen LogP contribution in [0.2, 0.25) is 0 Å². The van der Waals surface area contributed by atoms with Gasteiger partial charge in [0.05, 0.1) is 38.8 Å². The molecule has 0 unspecified atom stereocenters. The number of aliphatic imine (C=N–C) groups is 1. The van der Waals surface area contributed by atoms with Crippen LogP contribution in [0, 0.1) is 5.41 Å². The summed E-state index contributed by atoms with van der Waals surface area (Å²) < 4.78 is 6.54. The van der Waals surface area contributed by atoms with E-state index >= 15 is 0 Å². The standard InChI is InChI=1S/C46H31N5/c47-45(50-41-25-11-4-18-34(41)35-19-5-12-26-42(35)50)29-46(51-43-27-13-6-20-36(43)37-21-7-14-28-44(37)51)48-30-31-15-1-8-22-38(31)49-39-23-9-2-16-32(39)33-17-3-10-24-40(33)49/h1-30,47H/b46-29+,47-45?,48-30?. The first-order valence-corrected chi connectivity index (χ1v) is 17.2. The second-order valence-electron chi connectivity index (χ2n) is 12.8. The van der Waals surface area contributed by atoms with Gasteiger partial charge in [0, 0.05) is 50.2 Å². The van der Waals surface area contributed by atoms with E-state index in [1.54, 1.807) is 0 Å². The van der Waals surface area contributed by atoms with Crippen LogP contribution < -0.4 is 0 Å². The Bertz CT molecular complexity index is 2900. The zero-order valence-electron chi connectivity index (χ0n) is 27.6. The van der Waals surface area contributed by atoms with E-state index in [0.717, 1.165) is 65.9 Å². The van der Waals surface area contributed by atoms with E-state index in [-0.39, 0.29) is 0 Å². The lowest BCUT2D eigenvalue weighted by Gasteiger charge is -2.13. The van der Waals surface area contributed by atoms with Gasteiger partial charge in [-0.25, -0.2) is 4.99 Å². The molecule has 5 nitrogen and oxygen atoms in total. The maximum Gasteiger partial charge on any atom is 0.141 e. The van der Waals surface area contributed by atoms with Gasteiger partial charge in [0.25, 0.3) is 0 Å². The Balaban J connectivity index is 1.21. The van der Waals surface area contributed by atoms with Gasteiger partial charge in [-0.05, 0) is 42.5 Å². The summed E-state index contributed by atoms with van der Waals surface area (Å²) in [6, 6.07) is 59.0. The van der Waals surface area contributed by atoms with Gasteiger partial charge in [-0.1, -0.05) is 127 Å². The second-order valence-corrected chi connectivity index (χ2v) is 12.8. The van der Waals surface area contributed by atoms with Crippen molar-refractivity contribution in [2.75, 3.05) is 0 Å². The van der Waals surface area contributed by atoms with Crippen LogP contribution in [0.15, 0.2) is 181 Å². The summed E-state index contributed by atoms with van der Waals surface area (Å²) in [4.78, 5) is 5.31. The number of nitrogens with one attached hydrogen (secondary N) is 1. The molecule has 3 heterocycles. The third-order valence-corrected chi connectivity index (χ3v) is 9.99. The third-order valence-electron chi connectivity index (χ3n) is 9.99. The van der Waals surface area contributed by atoms with Crippen molar-refractivity contribution in [3.63, 3.8) is 0 Å². The fraction of sp³-hybridized carbons (Fsp3) is 0. The Morgan fingerprint density at radius 3 is 1.24 bits per heavy atom. The predicted octanol–water partition coefficient (Wildman–Crippen LogP) is 11.4. The molecule has 5 heteroatoms. The second kappa shape index (κ2) is 11.6. The lowest BCUT2D eigenvalue weighted by molar-refractivity contribution is 1.16. The molecule has 0 aliphatic rings. The molecule has 240 valence electrons. The lowest BCUT2D eigenvalue weighted by Crippen LogP contribution is -2.09. The minimum atomic E-state index is 0.331. The molecule has 0 fully saturated rings. The van der Waals surface area contributed by atoms with Crippen molar-refractivity contribution in [1.29, 1.82) is 5.41 Å². The molecule has 0 radical (unpaired) electrons. The minimum absolute atomic E-state index is 0.331. The molecule has 0 aliphatic carbocycles. The van der Waals surface area contributed by atoms with Crippen LogP contribution in [-0.4, -0.2) is 25.8 Å². The van der Waals surface area contributed by atoms with Crippen molar-refractivity contribution in [2.24, 2.45) is 4.99 Å². The Labute approximate surface area is 293 Å². The molecule has 0 bridgehead atoms. The van der Waals surface area contributed by atoms with Gasteiger partial charge < -0.3 is 4.57 Å². The van der Waals surface area contributed by atoms with Crippen molar-refractivity contribution in [1.82, 2.24) is 13.7 Å². The molecule has 0 saturated carbocycles. The summed E-state index contributed by atoms with van der Waals surface area (Å²) in [5, 5.41) is 16.6. The number of hydrogen-bond donors (Lipinski definition) is 1. The highest BCUT2D eigenvalue weighted by atomic mass is 15.1. The largest absolute Gasteiger partial charge is 0.309 e. The maximum absolute atomic E-state index is 9.67. The predicted molar refractivity (Wildman–Crippen MR) is 215 cm³/mol. The zero-order valence-corrected chi connectivity index (χ0v) is 27.6. The van der Waals surface area contributed by atoms with Crippen LogP contribution in [0.1, 0.15) is 5.56 Å². The number of para-hydroxylation sites is 7. The fourth-order valence-corrected chi connectivity index (χ4v) is 7.82. The van der Waals surface area contributed by atoms with Gasteiger partial charge >= 0.3 is 0 Å². The first-order chi connectivity index (χ1) is 25.3. The minimum Gasteiger partial charge on any atom is -0.309 e. The Morgan fingerprint density at radius 2 is 0.765 bits per heavy atom. The van der Waals surface area contributed by atoms with Gasteiger partial charge in [-0.3, -0.25) is 14.5 Å². The Morgan fingerprint density at radius 1 is 0.412 bits per heavy atom. The van der Waals surface area contributed by atoms with Gasteiger partial charge in [-0.2, -0.15) is 0 Å². The number of rotatable bonds is 5. The SMILES string of the molecule is N=C(/C=C(\N=Cc1ccccc1-n1c2ccccc2c2ccccc21)n1c2ccccc2c2ccccc21)n1c2ccccc2c2ccccc21. The summed E-state index contributed by atoms with van der Waals surface area (Å²) in [6.07, 6.45) is 3.85. The van der Waals surface area contributed by atoms with E-state index in [4.69, 9.17) is 4.99 Å². The molecule has 10 rings (SSSR count). The van der Waals surface area contributed by atoms with E-state index in [1.165, 1.54) is 10.8 Å². The van der Waals surface area contributed by atoms with E-state index in [0.29, 0.717) is 11.7 Å². The molecule has 0 amide bonds. The summed E-state index contributed by atoms with van der Waals surface area (Å²) >= 11 is 0. The molecule has 7 aromatic carbocycles. The molecule has 51 heavy (non-hydrogen) atoms. The first kappa shape index (κ1) is 29.0. The number of fused-ring (bicyclic) bond motifs is 9. The molecular formula is C46H31N5. The molecule has 1 N–H and O–H groups in total. The van der Waals surface area contributed by atoms with E-state index in [1.807, 2.05) is 29.0 Å². The number of nitrogens with zero attached hydrogens (tertiary/aromatic N) is 4. The van der Waals surface area contributed by atoms with Crippen molar-refractivity contribution in [2.45, 2.75) is 0 Å². The van der Waals surface area contributed by atoms with E-state index in [2.05, 4.69) is 167 Å². The summed E-state index contributed by atoms with van der Waals surface area (Å²) in [7, 11) is 0. The van der Waals surface area contributed by atoms with E-state index in [9.17, 15) is 5.41 Å². The zero-order chi connectivity index (χ0) is 33.9. The molecule has 3 aromatic heterocycles. The van der Waals surface area contributed by atoms with Gasteiger partial charge in [0.15, 0.2) is 0 Å². The molecule has 0 saturated heterocycles. The quantitative estimate of drug-likeness (QED) is 0.142. The van der Waals surface area contributed by atoms with Crippen LogP contribution in [0.3, 0.4) is 0 Å². The van der Waals surface area contributed by atoms with Crippen LogP contribution >= 0.6 is 0 Å². The Kier molecular flexibility index (Phi) is 6.58. The van der Waals surface area contributed by atoms with Crippen molar-refractivity contribution < 1.29 is 0 Å². The van der Waals surface area contributed by atoms with E-state index < -0.39 is 0 Å². The highest BCUT2D eigenvalue weighted by molar-refractivity contribution is 6.17. The number of hydrogen-bond acceptors (Lipinski definition) is 2. The number of benzene rings is 7. The normalized spacial score (nSPS) is 12.4. The highest BCUT2D eigenvalue weighted by Crippen LogP contribution is 2.35. The third kappa shape index (κ3) is 4.49. The topological polar surface area (TPSA) is 51.0 Å². The molecule has 10 aromatic rings. The lowest BCUT2D eigenvalue weighted by atomic mass is 10.2. The van der Waals surface area contributed by atoms with Gasteiger partial charge in [0.1, 0.15) is 11.7 Å². The average molecular weight is 654 g/mol. The van der Waals surface area contributed by atoms with Crippen molar-refractivity contribution in [3.05, 3.63) is 181 Å². The summed E-state index contributed by atoms with van der Waals surface area (Å²) in [6.45, 7) is 0. The fourth-order valence-electron chi connectivity index (χ4n) is 7.82. The highest BCUT2D eigenvalue weighted by Gasteiger charge is 2.18. The van der Waals surface area contributed by atoms with Crippen LogP contribution in [-0.2, 0) is 0 Å². The van der Waals surface area contributed by atoms with Crippen LogP contribution in [0.4, 0.5) is 0 Å². The van der Waals surface area contributed by atoms with Crippen LogP contribution in [0.25, 0.3) is 76.9 Å². The monoisotopic (exact) mass is 653 g/mol. The van der Waals surface area contributed by atoms with Crippen molar-refractivity contribution in [3.8, 4) is 5.69 Å². The number of aromatic nitrogens is 3. The Hall–Kier alpha value is -6.98. The smallest absolute Gasteiger partial charge is 0.141 e. The summed E-state index contributed by atoms with van der Waals surface area (Å²) in [5.74, 6) is 0.980.